The van der Waals surface area contributed by atoms with Crippen LogP contribution in [-0.4, -0.2) is 39.9 Å². The molecule has 1 saturated heterocycles. The van der Waals surface area contributed by atoms with E-state index in [1.165, 1.54) is 4.90 Å². The van der Waals surface area contributed by atoms with E-state index in [2.05, 4.69) is 0 Å². The minimum Gasteiger partial charge on any atom is -0.480 e. The molecule has 0 unspecified atom stereocenters. The third-order valence-corrected chi connectivity index (χ3v) is 4.81. The highest BCUT2D eigenvalue weighted by atomic mass is 32.2. The van der Waals surface area contributed by atoms with Crippen molar-refractivity contribution >= 4 is 35.2 Å². The summed E-state index contributed by atoms with van der Waals surface area (Å²) in [7, 11) is 0. The SMILES string of the molecule is Cc1ccc(N2C(=O)C[C@@H](SC[C@H](N)C(=O)O)C2=O)c(C)c1. The van der Waals surface area contributed by atoms with Crippen LogP contribution in [0.3, 0.4) is 0 Å². The molecule has 1 heterocycles. The van der Waals surface area contributed by atoms with Gasteiger partial charge in [-0.05, 0) is 25.5 Å². The zero-order chi connectivity index (χ0) is 16.4. The normalized spacial score (nSPS) is 19.6. The second-order valence-corrected chi connectivity index (χ2v) is 6.56. The smallest absolute Gasteiger partial charge is 0.321 e. The van der Waals surface area contributed by atoms with Gasteiger partial charge in [-0.2, -0.15) is 0 Å². The number of aryl methyl sites for hydroxylation is 2. The molecule has 0 aliphatic carbocycles. The van der Waals surface area contributed by atoms with E-state index < -0.39 is 17.3 Å². The number of hydrogen-bond acceptors (Lipinski definition) is 5. The highest BCUT2D eigenvalue weighted by Crippen LogP contribution is 2.32. The lowest BCUT2D eigenvalue weighted by atomic mass is 10.1. The number of carbonyl (C=O) groups is 3. The second kappa shape index (κ2) is 6.50. The topological polar surface area (TPSA) is 101 Å². The Morgan fingerprint density at radius 1 is 1.45 bits per heavy atom. The summed E-state index contributed by atoms with van der Waals surface area (Å²) in [5.41, 5.74) is 7.93. The van der Waals surface area contributed by atoms with E-state index in [9.17, 15) is 14.4 Å². The summed E-state index contributed by atoms with van der Waals surface area (Å²) in [6.07, 6.45) is 0.0726. The average Bonchev–Trinajstić information content (AvgIpc) is 2.71. The zero-order valence-corrected chi connectivity index (χ0v) is 13.2. The van der Waals surface area contributed by atoms with Crippen LogP contribution in [-0.2, 0) is 14.4 Å². The van der Waals surface area contributed by atoms with Gasteiger partial charge in [0.1, 0.15) is 6.04 Å². The molecule has 1 aromatic rings. The fourth-order valence-corrected chi connectivity index (χ4v) is 3.43. The number of thioether (sulfide) groups is 1. The Labute approximate surface area is 132 Å². The Morgan fingerprint density at radius 2 is 2.14 bits per heavy atom. The summed E-state index contributed by atoms with van der Waals surface area (Å²) < 4.78 is 0. The molecule has 1 fully saturated rings. The van der Waals surface area contributed by atoms with Gasteiger partial charge in [0.15, 0.2) is 0 Å². The third-order valence-electron chi connectivity index (χ3n) is 3.49. The van der Waals surface area contributed by atoms with Crippen LogP contribution in [0, 0.1) is 13.8 Å². The number of carboxylic acids is 1. The van der Waals surface area contributed by atoms with Gasteiger partial charge in [-0.15, -0.1) is 11.8 Å². The van der Waals surface area contributed by atoms with E-state index in [0.717, 1.165) is 22.9 Å². The molecule has 0 bridgehead atoms. The summed E-state index contributed by atoms with van der Waals surface area (Å²) in [6.45, 7) is 3.79. The molecule has 0 radical (unpaired) electrons. The molecule has 2 atom stereocenters. The Bertz CT molecular complexity index is 632. The molecular weight excluding hydrogens is 304 g/mol. The number of aliphatic carboxylic acids is 1. The van der Waals surface area contributed by atoms with Crippen molar-refractivity contribution in [1.29, 1.82) is 0 Å². The molecule has 3 N–H and O–H groups in total. The van der Waals surface area contributed by atoms with Gasteiger partial charge in [0.05, 0.1) is 10.9 Å². The summed E-state index contributed by atoms with van der Waals surface area (Å²) in [6, 6.07) is 4.49. The second-order valence-electron chi connectivity index (χ2n) is 5.33. The molecule has 1 aliphatic rings. The molecule has 1 aromatic carbocycles. The fraction of sp³-hybridized carbons (Fsp3) is 0.400. The number of nitrogens with zero attached hydrogens (tertiary/aromatic N) is 1. The van der Waals surface area contributed by atoms with Crippen molar-refractivity contribution in [2.45, 2.75) is 31.6 Å². The highest BCUT2D eigenvalue weighted by molar-refractivity contribution is 8.00. The predicted molar refractivity (Wildman–Crippen MR) is 84.9 cm³/mol. The van der Waals surface area contributed by atoms with E-state index in [0.29, 0.717) is 5.69 Å². The molecule has 1 aliphatic heterocycles. The van der Waals surface area contributed by atoms with Crippen molar-refractivity contribution < 1.29 is 19.5 Å². The number of carbonyl (C=O) groups excluding carboxylic acids is 2. The van der Waals surface area contributed by atoms with E-state index in [1.807, 2.05) is 26.0 Å². The number of rotatable bonds is 5. The molecule has 118 valence electrons. The van der Waals surface area contributed by atoms with Crippen LogP contribution in [0.25, 0.3) is 0 Å². The van der Waals surface area contributed by atoms with Crippen LogP contribution in [0.15, 0.2) is 18.2 Å². The summed E-state index contributed by atoms with van der Waals surface area (Å²) >= 11 is 1.12. The molecule has 2 rings (SSSR count). The van der Waals surface area contributed by atoms with E-state index >= 15 is 0 Å². The third kappa shape index (κ3) is 3.31. The zero-order valence-electron chi connectivity index (χ0n) is 12.4. The first-order valence-electron chi connectivity index (χ1n) is 6.85. The first-order valence-corrected chi connectivity index (χ1v) is 7.90. The first-order chi connectivity index (χ1) is 10.3. The molecule has 0 spiro atoms. The Morgan fingerprint density at radius 3 is 2.73 bits per heavy atom. The van der Waals surface area contributed by atoms with Crippen LogP contribution in [0.5, 0.6) is 0 Å². The lowest BCUT2D eigenvalue weighted by Crippen LogP contribution is -2.35. The van der Waals surface area contributed by atoms with Gasteiger partial charge < -0.3 is 10.8 Å². The lowest BCUT2D eigenvalue weighted by molar-refractivity contribution is -0.138. The quantitative estimate of drug-likeness (QED) is 0.787. The highest BCUT2D eigenvalue weighted by Gasteiger charge is 2.40. The van der Waals surface area contributed by atoms with Crippen LogP contribution >= 0.6 is 11.8 Å². The summed E-state index contributed by atoms with van der Waals surface area (Å²) in [5.74, 6) is -1.59. The minimum absolute atomic E-state index is 0.0726. The maximum Gasteiger partial charge on any atom is 0.321 e. The van der Waals surface area contributed by atoms with Gasteiger partial charge in [0, 0.05) is 12.2 Å². The number of nitrogens with two attached hydrogens (primary N) is 1. The molecule has 6 nitrogen and oxygen atoms in total. The van der Waals surface area contributed by atoms with E-state index in [-0.39, 0.29) is 24.0 Å². The molecular formula is C15H18N2O4S. The van der Waals surface area contributed by atoms with Crippen molar-refractivity contribution in [3.63, 3.8) is 0 Å². The standard InChI is InChI=1S/C15H18N2O4S/c1-8-3-4-11(9(2)5-8)17-13(18)6-12(14(17)19)22-7-10(16)15(20)21/h3-5,10,12H,6-7,16H2,1-2H3,(H,20,21)/t10-,12+/m0/s1. The van der Waals surface area contributed by atoms with Crippen molar-refractivity contribution in [2.75, 3.05) is 10.7 Å². The van der Waals surface area contributed by atoms with Crippen LogP contribution < -0.4 is 10.6 Å². The van der Waals surface area contributed by atoms with Gasteiger partial charge in [0.25, 0.3) is 0 Å². The summed E-state index contributed by atoms with van der Waals surface area (Å²) in [5, 5.41) is 8.19. The lowest BCUT2D eigenvalue weighted by Gasteiger charge is -2.18. The van der Waals surface area contributed by atoms with Gasteiger partial charge in [-0.25, -0.2) is 4.90 Å². The Balaban J connectivity index is 2.13. The van der Waals surface area contributed by atoms with Gasteiger partial charge >= 0.3 is 5.97 Å². The Kier molecular flexibility index (Phi) is 4.87. The van der Waals surface area contributed by atoms with E-state index in [4.69, 9.17) is 10.8 Å². The molecule has 0 aromatic heterocycles. The van der Waals surface area contributed by atoms with Crippen molar-refractivity contribution in [2.24, 2.45) is 5.73 Å². The monoisotopic (exact) mass is 322 g/mol. The maximum atomic E-state index is 12.4. The molecule has 7 heteroatoms. The number of imide groups is 1. The first kappa shape index (κ1) is 16.5. The number of amides is 2. The summed E-state index contributed by atoms with van der Waals surface area (Å²) in [4.78, 5) is 36.5. The fourth-order valence-electron chi connectivity index (χ4n) is 2.33. The van der Waals surface area contributed by atoms with Crippen molar-refractivity contribution in [1.82, 2.24) is 0 Å². The number of hydrogen-bond donors (Lipinski definition) is 2. The Hall–Kier alpha value is -1.86. The number of carboxylic acid groups (broad SMARTS) is 1. The molecule has 2 amide bonds. The van der Waals surface area contributed by atoms with Gasteiger partial charge in [-0.3, -0.25) is 14.4 Å². The van der Waals surface area contributed by atoms with Crippen molar-refractivity contribution in [3.05, 3.63) is 29.3 Å². The van der Waals surface area contributed by atoms with Crippen LogP contribution in [0.4, 0.5) is 5.69 Å². The number of benzene rings is 1. The van der Waals surface area contributed by atoms with E-state index in [1.54, 1.807) is 6.07 Å². The molecule has 0 saturated carbocycles. The number of anilines is 1. The minimum atomic E-state index is -1.12. The predicted octanol–water partition coefficient (Wildman–Crippen LogP) is 1.08. The van der Waals surface area contributed by atoms with Crippen LogP contribution in [0.1, 0.15) is 17.5 Å². The van der Waals surface area contributed by atoms with Gasteiger partial charge in [0.2, 0.25) is 11.8 Å². The maximum absolute atomic E-state index is 12.4. The van der Waals surface area contributed by atoms with Crippen LogP contribution in [0.2, 0.25) is 0 Å². The van der Waals surface area contributed by atoms with Crippen molar-refractivity contribution in [3.8, 4) is 0 Å². The molecule has 22 heavy (non-hydrogen) atoms. The average molecular weight is 322 g/mol. The van der Waals surface area contributed by atoms with Gasteiger partial charge in [-0.1, -0.05) is 17.7 Å². The largest absolute Gasteiger partial charge is 0.480 e.